The Morgan fingerprint density at radius 1 is 1.35 bits per heavy atom. The van der Waals surface area contributed by atoms with Gasteiger partial charge in [-0.15, -0.1) is 0 Å². The van der Waals surface area contributed by atoms with E-state index >= 15 is 0 Å². The fraction of sp³-hybridized carbons (Fsp3) is 0.467. The van der Waals surface area contributed by atoms with Crippen molar-refractivity contribution in [2.24, 2.45) is 0 Å². The lowest BCUT2D eigenvalue weighted by atomic mass is 10.1. The molecule has 1 aliphatic carbocycles. The number of carboxylic acid groups (broad SMARTS) is 1. The number of carboxylic acids is 1. The number of amides is 2. The molecule has 1 saturated carbocycles. The summed E-state index contributed by atoms with van der Waals surface area (Å²) in [7, 11) is 0. The molecule has 5 nitrogen and oxygen atoms in total. The molecule has 3 rings (SSSR count). The molecular formula is C15H18N2O3. The zero-order valence-electron chi connectivity index (χ0n) is 11.5. The number of carbonyl (C=O) groups is 2. The van der Waals surface area contributed by atoms with E-state index in [4.69, 9.17) is 5.11 Å². The first-order valence-corrected chi connectivity index (χ1v) is 6.97. The fourth-order valence-corrected chi connectivity index (χ4v) is 2.88. The molecule has 0 bridgehead atoms. The Hall–Kier alpha value is -2.04. The lowest BCUT2D eigenvalue weighted by molar-refractivity contribution is -0.137. The van der Waals surface area contributed by atoms with Gasteiger partial charge in [-0.3, -0.25) is 9.69 Å². The molecule has 1 heterocycles. The number of hydrogen-bond acceptors (Lipinski definition) is 2. The molecule has 0 spiro atoms. The topological polar surface area (TPSA) is 60.9 Å². The monoisotopic (exact) mass is 274 g/mol. The maximum atomic E-state index is 12.7. The Balaban J connectivity index is 1.87. The molecule has 0 saturated heterocycles. The van der Waals surface area contributed by atoms with Gasteiger partial charge in [-0.2, -0.15) is 0 Å². The van der Waals surface area contributed by atoms with Crippen LogP contribution in [0.2, 0.25) is 0 Å². The largest absolute Gasteiger partial charge is 0.480 e. The van der Waals surface area contributed by atoms with Crippen molar-refractivity contribution in [1.82, 2.24) is 4.90 Å². The SMILES string of the molecule is CC1Cc2ccccc2N1C(=O)N(CC(=O)O)C1CC1. The lowest BCUT2D eigenvalue weighted by Gasteiger charge is -2.30. The highest BCUT2D eigenvalue weighted by Gasteiger charge is 2.40. The first kappa shape index (κ1) is 13.0. The molecule has 2 aliphatic rings. The van der Waals surface area contributed by atoms with Gasteiger partial charge in [-0.25, -0.2) is 4.79 Å². The predicted octanol–water partition coefficient (Wildman–Crippen LogP) is 2.11. The van der Waals surface area contributed by atoms with Crippen molar-refractivity contribution >= 4 is 17.7 Å². The summed E-state index contributed by atoms with van der Waals surface area (Å²) in [5, 5.41) is 9.00. The van der Waals surface area contributed by atoms with Crippen LogP contribution in [0.25, 0.3) is 0 Å². The summed E-state index contributed by atoms with van der Waals surface area (Å²) in [5.41, 5.74) is 2.07. The van der Waals surface area contributed by atoms with Crippen molar-refractivity contribution in [3.05, 3.63) is 29.8 Å². The number of rotatable bonds is 3. The van der Waals surface area contributed by atoms with Gasteiger partial charge in [0.2, 0.25) is 0 Å². The zero-order valence-corrected chi connectivity index (χ0v) is 11.5. The van der Waals surface area contributed by atoms with Gasteiger partial charge >= 0.3 is 12.0 Å². The third-order valence-electron chi connectivity index (χ3n) is 3.95. The van der Waals surface area contributed by atoms with Gasteiger partial charge in [-0.05, 0) is 37.8 Å². The standard InChI is InChI=1S/C15H18N2O3/c1-10-8-11-4-2-3-5-13(11)17(10)15(20)16(9-14(18)19)12-6-7-12/h2-5,10,12H,6-9H2,1H3,(H,18,19). The Morgan fingerprint density at radius 3 is 2.70 bits per heavy atom. The second-order valence-corrected chi connectivity index (χ2v) is 5.59. The minimum atomic E-state index is -0.953. The summed E-state index contributed by atoms with van der Waals surface area (Å²) in [6.07, 6.45) is 2.64. The van der Waals surface area contributed by atoms with E-state index in [1.807, 2.05) is 31.2 Å². The van der Waals surface area contributed by atoms with Crippen LogP contribution in [-0.2, 0) is 11.2 Å². The molecule has 1 aromatic rings. The van der Waals surface area contributed by atoms with Crippen molar-refractivity contribution in [3.63, 3.8) is 0 Å². The molecule has 0 aromatic heterocycles. The highest BCUT2D eigenvalue weighted by Crippen LogP contribution is 2.35. The number of benzene rings is 1. The van der Waals surface area contributed by atoms with Crippen molar-refractivity contribution in [2.75, 3.05) is 11.4 Å². The van der Waals surface area contributed by atoms with Crippen molar-refractivity contribution in [3.8, 4) is 0 Å². The van der Waals surface area contributed by atoms with Crippen LogP contribution < -0.4 is 4.90 Å². The van der Waals surface area contributed by atoms with E-state index in [1.54, 1.807) is 4.90 Å². The van der Waals surface area contributed by atoms with Crippen LogP contribution in [0.3, 0.4) is 0 Å². The third kappa shape index (κ3) is 2.24. The number of fused-ring (bicyclic) bond motifs is 1. The number of nitrogens with zero attached hydrogens (tertiary/aromatic N) is 2. The van der Waals surface area contributed by atoms with Crippen LogP contribution in [0.1, 0.15) is 25.3 Å². The van der Waals surface area contributed by atoms with E-state index in [0.29, 0.717) is 0 Å². The Kier molecular flexibility index (Phi) is 3.12. The van der Waals surface area contributed by atoms with Gasteiger partial charge < -0.3 is 10.0 Å². The quantitative estimate of drug-likeness (QED) is 0.918. The average Bonchev–Trinajstić information content (AvgIpc) is 3.17. The summed E-state index contributed by atoms with van der Waals surface area (Å²) in [4.78, 5) is 26.9. The number of hydrogen-bond donors (Lipinski definition) is 1. The first-order valence-electron chi connectivity index (χ1n) is 6.97. The minimum Gasteiger partial charge on any atom is -0.480 e. The second kappa shape index (κ2) is 4.81. The van der Waals surface area contributed by atoms with Gasteiger partial charge in [-0.1, -0.05) is 18.2 Å². The van der Waals surface area contributed by atoms with Crippen LogP contribution in [0, 0.1) is 0 Å². The highest BCUT2D eigenvalue weighted by molar-refractivity contribution is 5.96. The molecule has 2 amide bonds. The van der Waals surface area contributed by atoms with Crippen LogP contribution in [-0.4, -0.2) is 40.6 Å². The van der Waals surface area contributed by atoms with Crippen LogP contribution in [0.15, 0.2) is 24.3 Å². The van der Waals surface area contributed by atoms with Gasteiger partial charge in [0.25, 0.3) is 0 Å². The van der Waals surface area contributed by atoms with Crippen LogP contribution in [0.5, 0.6) is 0 Å². The number of anilines is 1. The summed E-state index contributed by atoms with van der Waals surface area (Å²) in [6.45, 7) is 1.79. The second-order valence-electron chi connectivity index (χ2n) is 5.59. The summed E-state index contributed by atoms with van der Waals surface area (Å²) < 4.78 is 0. The van der Waals surface area contributed by atoms with E-state index in [9.17, 15) is 9.59 Å². The summed E-state index contributed by atoms with van der Waals surface area (Å²) in [5.74, 6) is -0.953. The molecule has 1 unspecified atom stereocenters. The van der Waals surface area contributed by atoms with Crippen molar-refractivity contribution in [1.29, 1.82) is 0 Å². The van der Waals surface area contributed by atoms with E-state index in [2.05, 4.69) is 0 Å². The number of para-hydroxylation sites is 1. The smallest absolute Gasteiger partial charge is 0.325 e. The van der Waals surface area contributed by atoms with Crippen LogP contribution in [0.4, 0.5) is 10.5 Å². The Bertz CT molecular complexity index is 554. The third-order valence-corrected chi connectivity index (χ3v) is 3.95. The fourth-order valence-electron chi connectivity index (χ4n) is 2.88. The molecule has 0 radical (unpaired) electrons. The number of urea groups is 1. The van der Waals surface area contributed by atoms with Crippen molar-refractivity contribution < 1.29 is 14.7 Å². The predicted molar refractivity (Wildman–Crippen MR) is 74.8 cm³/mol. The molecule has 1 N–H and O–H groups in total. The van der Waals surface area contributed by atoms with E-state index in [1.165, 1.54) is 4.90 Å². The summed E-state index contributed by atoms with van der Waals surface area (Å²) in [6, 6.07) is 7.84. The van der Waals surface area contributed by atoms with E-state index in [-0.39, 0.29) is 24.7 Å². The van der Waals surface area contributed by atoms with Gasteiger partial charge in [0, 0.05) is 17.8 Å². The van der Waals surface area contributed by atoms with Gasteiger partial charge in [0.05, 0.1) is 0 Å². The molecule has 106 valence electrons. The summed E-state index contributed by atoms with van der Waals surface area (Å²) >= 11 is 0. The molecule has 5 heteroatoms. The number of aliphatic carboxylic acids is 1. The molecule has 1 aliphatic heterocycles. The molecule has 1 aromatic carbocycles. The average molecular weight is 274 g/mol. The van der Waals surface area contributed by atoms with Crippen molar-refractivity contribution in [2.45, 2.75) is 38.3 Å². The lowest BCUT2D eigenvalue weighted by Crippen LogP contribution is -2.48. The van der Waals surface area contributed by atoms with E-state index in [0.717, 1.165) is 30.5 Å². The molecular weight excluding hydrogens is 256 g/mol. The zero-order chi connectivity index (χ0) is 14.3. The maximum absolute atomic E-state index is 12.7. The van der Waals surface area contributed by atoms with E-state index < -0.39 is 5.97 Å². The first-order chi connectivity index (χ1) is 9.58. The Labute approximate surface area is 117 Å². The minimum absolute atomic E-state index is 0.0787. The maximum Gasteiger partial charge on any atom is 0.325 e. The van der Waals surface area contributed by atoms with Crippen LogP contribution >= 0.6 is 0 Å². The number of carbonyl (C=O) groups excluding carboxylic acids is 1. The molecule has 20 heavy (non-hydrogen) atoms. The normalized spacial score (nSPS) is 20.6. The molecule has 1 fully saturated rings. The Morgan fingerprint density at radius 2 is 2.05 bits per heavy atom. The molecule has 1 atom stereocenters. The highest BCUT2D eigenvalue weighted by atomic mass is 16.4. The van der Waals surface area contributed by atoms with Gasteiger partial charge in [0.1, 0.15) is 6.54 Å². The van der Waals surface area contributed by atoms with Gasteiger partial charge in [0.15, 0.2) is 0 Å².